The monoisotopic (exact) mass is 301 g/mol. The Kier molecular flexibility index (Phi) is 4.81. The molecule has 4 N–H and O–H groups in total. The highest BCUT2D eigenvalue weighted by Crippen LogP contribution is 2.26. The molecular formula is C16H19N3O3. The second kappa shape index (κ2) is 6.60. The molecule has 0 bridgehead atoms. The van der Waals surface area contributed by atoms with Crippen molar-refractivity contribution < 1.29 is 14.8 Å². The predicted molar refractivity (Wildman–Crippen MR) is 81.2 cm³/mol. The predicted octanol–water partition coefficient (Wildman–Crippen LogP) is 0.271. The first kappa shape index (κ1) is 16.0. The van der Waals surface area contributed by atoms with E-state index in [0.717, 1.165) is 5.56 Å². The van der Waals surface area contributed by atoms with E-state index < -0.39 is 17.4 Å². The van der Waals surface area contributed by atoms with Crippen LogP contribution >= 0.6 is 0 Å². The summed E-state index contributed by atoms with van der Waals surface area (Å²) in [6, 6.07) is 6.01. The number of carbonyl (C=O) groups is 2. The molecule has 1 fully saturated rings. The van der Waals surface area contributed by atoms with Crippen molar-refractivity contribution in [2.24, 2.45) is 5.41 Å². The fraction of sp³-hybridized carbons (Fsp3) is 0.375. The SMILES string of the molecule is CC#Cc1ccc(C(=O)NC(C(=O)NO)C2(C)CNC2)cc1. The van der Waals surface area contributed by atoms with Gasteiger partial charge in [0.15, 0.2) is 0 Å². The van der Waals surface area contributed by atoms with Crippen molar-refractivity contribution in [1.29, 1.82) is 0 Å². The van der Waals surface area contributed by atoms with Crippen molar-refractivity contribution in [1.82, 2.24) is 16.1 Å². The van der Waals surface area contributed by atoms with Gasteiger partial charge >= 0.3 is 0 Å². The first-order valence-electron chi connectivity index (χ1n) is 6.98. The molecular weight excluding hydrogens is 282 g/mol. The van der Waals surface area contributed by atoms with Crippen LogP contribution in [0.4, 0.5) is 0 Å². The van der Waals surface area contributed by atoms with Crippen LogP contribution in [0.1, 0.15) is 29.8 Å². The van der Waals surface area contributed by atoms with Gasteiger partial charge in [-0.15, -0.1) is 5.92 Å². The quantitative estimate of drug-likeness (QED) is 0.365. The van der Waals surface area contributed by atoms with Crippen LogP contribution in [-0.2, 0) is 4.79 Å². The molecule has 1 aromatic rings. The number of hydrogen-bond donors (Lipinski definition) is 4. The lowest BCUT2D eigenvalue weighted by atomic mass is 9.76. The van der Waals surface area contributed by atoms with E-state index in [1.54, 1.807) is 36.7 Å². The summed E-state index contributed by atoms with van der Waals surface area (Å²) in [5, 5.41) is 14.6. The van der Waals surface area contributed by atoms with Gasteiger partial charge in [0.05, 0.1) is 0 Å². The molecule has 1 aliphatic heterocycles. The summed E-state index contributed by atoms with van der Waals surface area (Å²) in [5.41, 5.74) is 2.46. The average molecular weight is 301 g/mol. The summed E-state index contributed by atoms with van der Waals surface area (Å²) in [7, 11) is 0. The van der Waals surface area contributed by atoms with Crippen molar-refractivity contribution in [2.45, 2.75) is 19.9 Å². The molecule has 0 aliphatic carbocycles. The molecule has 2 amide bonds. The zero-order valence-electron chi connectivity index (χ0n) is 12.6. The Morgan fingerprint density at radius 1 is 1.32 bits per heavy atom. The van der Waals surface area contributed by atoms with Crippen molar-refractivity contribution >= 4 is 11.8 Å². The topological polar surface area (TPSA) is 90.5 Å². The number of hydrogen-bond acceptors (Lipinski definition) is 4. The summed E-state index contributed by atoms with van der Waals surface area (Å²) >= 11 is 0. The van der Waals surface area contributed by atoms with Crippen molar-refractivity contribution in [3.8, 4) is 11.8 Å². The van der Waals surface area contributed by atoms with Crippen LogP contribution in [-0.4, -0.2) is 36.2 Å². The molecule has 0 radical (unpaired) electrons. The maximum Gasteiger partial charge on any atom is 0.266 e. The number of rotatable bonds is 4. The van der Waals surface area contributed by atoms with Gasteiger partial charge in [-0.1, -0.05) is 12.8 Å². The normalized spacial score (nSPS) is 16.5. The summed E-state index contributed by atoms with van der Waals surface area (Å²) < 4.78 is 0. The molecule has 2 rings (SSSR count). The molecule has 0 aromatic heterocycles. The second-order valence-corrected chi connectivity index (χ2v) is 5.59. The highest BCUT2D eigenvalue weighted by Gasteiger charge is 2.44. The van der Waals surface area contributed by atoms with Gasteiger partial charge in [0.1, 0.15) is 6.04 Å². The Bertz CT molecular complexity index is 624. The van der Waals surface area contributed by atoms with Crippen LogP contribution in [0.25, 0.3) is 0 Å². The van der Waals surface area contributed by atoms with Gasteiger partial charge in [0.25, 0.3) is 11.8 Å². The summed E-state index contributed by atoms with van der Waals surface area (Å²) in [5.74, 6) is 4.70. The third-order valence-corrected chi connectivity index (χ3v) is 3.82. The summed E-state index contributed by atoms with van der Waals surface area (Å²) in [4.78, 5) is 24.1. The molecule has 0 spiro atoms. The maximum absolute atomic E-state index is 12.3. The van der Waals surface area contributed by atoms with Gasteiger partial charge in [-0.25, -0.2) is 5.48 Å². The Hall–Kier alpha value is -2.36. The van der Waals surface area contributed by atoms with E-state index in [9.17, 15) is 9.59 Å². The minimum atomic E-state index is -0.804. The molecule has 1 atom stereocenters. The summed E-state index contributed by atoms with van der Waals surface area (Å²) in [6.45, 7) is 4.81. The maximum atomic E-state index is 12.3. The molecule has 6 nitrogen and oxygen atoms in total. The van der Waals surface area contributed by atoms with E-state index in [0.29, 0.717) is 18.7 Å². The highest BCUT2D eigenvalue weighted by molar-refractivity contribution is 5.97. The highest BCUT2D eigenvalue weighted by atomic mass is 16.5. The van der Waals surface area contributed by atoms with Gasteiger partial charge in [0, 0.05) is 29.6 Å². The molecule has 6 heteroatoms. The largest absolute Gasteiger partial charge is 0.340 e. The molecule has 22 heavy (non-hydrogen) atoms. The third kappa shape index (κ3) is 3.27. The Labute approximate surface area is 129 Å². The number of hydroxylamine groups is 1. The van der Waals surface area contributed by atoms with E-state index in [-0.39, 0.29) is 5.91 Å². The van der Waals surface area contributed by atoms with Crippen LogP contribution in [0.15, 0.2) is 24.3 Å². The van der Waals surface area contributed by atoms with E-state index in [1.807, 2.05) is 6.92 Å². The van der Waals surface area contributed by atoms with Gasteiger partial charge in [-0.3, -0.25) is 14.8 Å². The van der Waals surface area contributed by atoms with Crippen LogP contribution < -0.4 is 16.1 Å². The van der Waals surface area contributed by atoms with Crippen LogP contribution in [0.5, 0.6) is 0 Å². The zero-order chi connectivity index (χ0) is 16.2. The minimum Gasteiger partial charge on any atom is -0.340 e. The fourth-order valence-electron chi connectivity index (χ4n) is 2.41. The Morgan fingerprint density at radius 3 is 2.41 bits per heavy atom. The van der Waals surface area contributed by atoms with E-state index in [2.05, 4.69) is 22.5 Å². The number of carbonyl (C=O) groups excluding carboxylic acids is 2. The molecule has 1 aliphatic rings. The lowest BCUT2D eigenvalue weighted by molar-refractivity contribution is -0.135. The van der Waals surface area contributed by atoms with Crippen molar-refractivity contribution in [3.63, 3.8) is 0 Å². The van der Waals surface area contributed by atoms with E-state index in [1.165, 1.54) is 0 Å². The molecule has 1 heterocycles. The zero-order valence-corrected chi connectivity index (χ0v) is 12.6. The number of amides is 2. The standard InChI is InChI=1S/C16H19N3O3/c1-3-4-11-5-7-12(8-6-11)14(20)18-13(15(21)19-22)16(2)9-17-10-16/h5-8,13,17,22H,9-10H2,1-2H3,(H,18,20)(H,19,21). The third-order valence-electron chi connectivity index (χ3n) is 3.82. The molecule has 1 saturated heterocycles. The van der Waals surface area contributed by atoms with Crippen LogP contribution in [0.2, 0.25) is 0 Å². The van der Waals surface area contributed by atoms with Gasteiger partial charge in [-0.2, -0.15) is 0 Å². The van der Waals surface area contributed by atoms with E-state index in [4.69, 9.17) is 5.21 Å². The minimum absolute atomic E-state index is 0.363. The fourth-order valence-corrected chi connectivity index (χ4v) is 2.41. The number of nitrogens with one attached hydrogen (secondary N) is 3. The van der Waals surface area contributed by atoms with Gasteiger partial charge < -0.3 is 10.6 Å². The second-order valence-electron chi connectivity index (χ2n) is 5.59. The molecule has 1 unspecified atom stereocenters. The summed E-state index contributed by atoms with van der Waals surface area (Å²) in [6.07, 6.45) is 0. The van der Waals surface area contributed by atoms with Crippen LogP contribution in [0, 0.1) is 17.3 Å². The first-order valence-corrected chi connectivity index (χ1v) is 6.98. The van der Waals surface area contributed by atoms with Crippen molar-refractivity contribution in [2.75, 3.05) is 13.1 Å². The Balaban J connectivity index is 2.13. The lowest BCUT2D eigenvalue weighted by Gasteiger charge is -2.44. The smallest absolute Gasteiger partial charge is 0.266 e. The Morgan fingerprint density at radius 2 is 1.95 bits per heavy atom. The first-order chi connectivity index (χ1) is 10.5. The molecule has 0 saturated carbocycles. The van der Waals surface area contributed by atoms with Gasteiger partial charge in [0.2, 0.25) is 0 Å². The van der Waals surface area contributed by atoms with Crippen molar-refractivity contribution in [3.05, 3.63) is 35.4 Å². The molecule has 116 valence electrons. The average Bonchev–Trinajstić information content (AvgIpc) is 2.50. The van der Waals surface area contributed by atoms with Crippen LogP contribution in [0.3, 0.4) is 0 Å². The van der Waals surface area contributed by atoms with Gasteiger partial charge in [-0.05, 0) is 31.2 Å². The lowest BCUT2D eigenvalue weighted by Crippen LogP contribution is -2.66. The number of benzene rings is 1. The molecule has 1 aromatic carbocycles. The van der Waals surface area contributed by atoms with E-state index >= 15 is 0 Å².